The van der Waals surface area contributed by atoms with Crippen LogP contribution in [0.1, 0.15) is 45.1 Å². The van der Waals surface area contributed by atoms with Gasteiger partial charge >= 0.3 is 6.09 Å². The molecule has 2 saturated heterocycles. The second-order valence-corrected chi connectivity index (χ2v) is 11.8. The number of hydrogen-bond donors (Lipinski definition) is 2. The van der Waals surface area contributed by atoms with E-state index in [1.807, 2.05) is 39.2 Å². The number of anilines is 3. The van der Waals surface area contributed by atoms with Crippen molar-refractivity contribution in [2.45, 2.75) is 51.2 Å². The highest BCUT2D eigenvalue weighted by Crippen LogP contribution is 2.37. The molecule has 41 heavy (non-hydrogen) atoms. The Morgan fingerprint density at radius 1 is 1.10 bits per heavy atom. The average molecular weight is 563 g/mol. The molecule has 1 unspecified atom stereocenters. The number of amides is 1. The van der Waals surface area contributed by atoms with Gasteiger partial charge in [-0.3, -0.25) is 0 Å². The van der Waals surface area contributed by atoms with Gasteiger partial charge < -0.3 is 29.9 Å². The topological polar surface area (TPSA) is 120 Å². The summed E-state index contributed by atoms with van der Waals surface area (Å²) in [6.07, 6.45) is 5.30. The first-order valence-corrected chi connectivity index (χ1v) is 14.1. The number of piperidine rings is 1. The summed E-state index contributed by atoms with van der Waals surface area (Å²) in [7, 11) is 0. The van der Waals surface area contributed by atoms with Crippen molar-refractivity contribution in [3.63, 3.8) is 0 Å². The van der Waals surface area contributed by atoms with E-state index in [1.54, 1.807) is 17.0 Å². The lowest BCUT2D eigenvalue weighted by Gasteiger charge is -2.45. The molecule has 2 aromatic heterocycles. The number of carbonyl (C=O) groups is 1. The monoisotopic (exact) mass is 562 g/mol. The van der Waals surface area contributed by atoms with Gasteiger partial charge in [0.25, 0.3) is 0 Å². The Hall–Kier alpha value is -4.22. The Kier molecular flexibility index (Phi) is 7.00. The van der Waals surface area contributed by atoms with Crippen molar-refractivity contribution in [1.29, 1.82) is 0 Å². The van der Waals surface area contributed by atoms with Crippen LogP contribution in [-0.4, -0.2) is 87.2 Å². The van der Waals surface area contributed by atoms with Gasteiger partial charge in [0, 0.05) is 57.2 Å². The second-order valence-electron chi connectivity index (χ2n) is 11.8. The van der Waals surface area contributed by atoms with E-state index in [9.17, 15) is 14.3 Å². The Morgan fingerprint density at radius 3 is 2.59 bits per heavy atom. The van der Waals surface area contributed by atoms with Crippen LogP contribution >= 0.6 is 0 Å². The molecule has 12 heteroatoms. The normalized spacial score (nSPS) is 19.3. The molecule has 0 radical (unpaired) electrons. The van der Waals surface area contributed by atoms with Crippen LogP contribution < -0.4 is 15.1 Å². The van der Waals surface area contributed by atoms with Gasteiger partial charge in [0.2, 0.25) is 5.95 Å². The van der Waals surface area contributed by atoms with Crippen molar-refractivity contribution >= 4 is 23.5 Å². The minimum atomic E-state index is -0.691. The maximum Gasteiger partial charge on any atom is 0.410 e. The number of halogens is 1. The Balaban J connectivity index is 1.09. The smallest absolute Gasteiger partial charge is 0.410 e. The zero-order chi connectivity index (χ0) is 28.7. The number of hydrogen-bond acceptors (Lipinski definition) is 10. The van der Waals surface area contributed by atoms with Crippen molar-refractivity contribution in [1.82, 2.24) is 25.1 Å². The highest BCUT2D eigenvalue weighted by atomic mass is 19.1. The molecule has 216 valence electrons. The number of aromatic hydroxyl groups is 1. The fourth-order valence-corrected chi connectivity index (χ4v) is 5.75. The van der Waals surface area contributed by atoms with Gasteiger partial charge in [-0.1, -0.05) is 6.07 Å². The third-order valence-electron chi connectivity index (χ3n) is 7.89. The molecule has 3 aliphatic heterocycles. The summed E-state index contributed by atoms with van der Waals surface area (Å²) in [5, 5.41) is 22.1. The van der Waals surface area contributed by atoms with E-state index in [0.717, 1.165) is 43.7 Å². The van der Waals surface area contributed by atoms with Crippen molar-refractivity contribution in [3.8, 4) is 17.0 Å². The molecule has 2 N–H and O–H groups in total. The molecule has 11 nitrogen and oxygen atoms in total. The Morgan fingerprint density at radius 2 is 1.85 bits per heavy atom. The van der Waals surface area contributed by atoms with Crippen LogP contribution in [0.3, 0.4) is 0 Å². The van der Waals surface area contributed by atoms with Crippen LogP contribution in [0, 0.1) is 5.82 Å². The zero-order valence-corrected chi connectivity index (χ0v) is 23.5. The van der Waals surface area contributed by atoms with Crippen LogP contribution in [0.2, 0.25) is 0 Å². The number of para-hydroxylation sites is 1. The van der Waals surface area contributed by atoms with Crippen molar-refractivity contribution in [2.75, 3.05) is 54.4 Å². The van der Waals surface area contributed by atoms with Crippen molar-refractivity contribution in [3.05, 3.63) is 48.0 Å². The molecule has 2 fully saturated rings. The minimum absolute atomic E-state index is 0.148. The van der Waals surface area contributed by atoms with Crippen LogP contribution in [0.4, 0.5) is 26.6 Å². The molecule has 1 atom stereocenters. The summed E-state index contributed by atoms with van der Waals surface area (Å²) in [6, 6.07) is 6.39. The third-order valence-corrected chi connectivity index (χ3v) is 7.89. The van der Waals surface area contributed by atoms with Gasteiger partial charge in [0.05, 0.1) is 17.4 Å². The number of carbonyl (C=O) groups excluding carboxylic acids is 1. The molecule has 0 bridgehead atoms. The summed E-state index contributed by atoms with van der Waals surface area (Å²) >= 11 is 0. The molecule has 5 heterocycles. The lowest BCUT2D eigenvalue weighted by Crippen LogP contribution is -2.58. The van der Waals surface area contributed by atoms with Gasteiger partial charge in [0.15, 0.2) is 17.4 Å². The number of fused-ring (bicyclic) bond motifs is 3. The molecule has 0 aliphatic carbocycles. The number of piperazine rings is 1. The third kappa shape index (κ3) is 5.55. The summed E-state index contributed by atoms with van der Waals surface area (Å²) in [5.41, 5.74) is 2.20. The molecular weight excluding hydrogens is 527 g/mol. The van der Waals surface area contributed by atoms with E-state index in [1.165, 1.54) is 6.07 Å². The van der Waals surface area contributed by atoms with Crippen LogP contribution in [-0.2, 0) is 4.74 Å². The van der Waals surface area contributed by atoms with E-state index in [0.29, 0.717) is 48.6 Å². The van der Waals surface area contributed by atoms with E-state index >= 15 is 0 Å². The standard InChI is InChI=1S/C29H35FN8O3/c1-29(2,3)41-28(40)36-9-7-18(8-10-36)19-14-32-27(33-15-19)37-11-12-38-20(17-37)16-31-26-24(38)13-23(34-35-26)21-5-4-6-22(30)25(21)39/h4-6,13-15,18,20,39H,7-12,16-17H2,1-3H3,(H,31,35). The van der Waals surface area contributed by atoms with Gasteiger partial charge in [0.1, 0.15) is 5.60 Å². The van der Waals surface area contributed by atoms with E-state index in [4.69, 9.17) is 14.7 Å². The number of phenolic OH excluding ortho intramolecular Hbond substituents is 1. The fraction of sp³-hybridized carbons (Fsp3) is 0.483. The number of phenols is 1. The maximum absolute atomic E-state index is 13.9. The van der Waals surface area contributed by atoms with E-state index in [-0.39, 0.29) is 12.1 Å². The Bertz CT molecular complexity index is 1420. The van der Waals surface area contributed by atoms with Gasteiger partial charge in [-0.25, -0.2) is 19.2 Å². The molecule has 1 amide bonds. The lowest BCUT2D eigenvalue weighted by atomic mass is 9.91. The van der Waals surface area contributed by atoms with Crippen LogP contribution in [0.15, 0.2) is 36.7 Å². The van der Waals surface area contributed by atoms with Gasteiger partial charge in [-0.2, -0.15) is 0 Å². The molecule has 6 rings (SSSR count). The summed E-state index contributed by atoms with van der Waals surface area (Å²) in [5.74, 6) is 0.563. The first kappa shape index (κ1) is 27.0. The zero-order valence-electron chi connectivity index (χ0n) is 23.5. The van der Waals surface area contributed by atoms with E-state index < -0.39 is 17.2 Å². The first-order chi connectivity index (χ1) is 19.7. The summed E-state index contributed by atoms with van der Waals surface area (Å²) < 4.78 is 19.5. The summed E-state index contributed by atoms with van der Waals surface area (Å²) in [6.45, 7) is 9.83. The molecule has 1 aromatic carbocycles. The number of benzene rings is 1. The minimum Gasteiger partial charge on any atom is -0.504 e. The van der Waals surface area contributed by atoms with Gasteiger partial charge in [-0.15, -0.1) is 10.2 Å². The second kappa shape index (κ2) is 10.6. The number of aromatic nitrogens is 4. The maximum atomic E-state index is 13.9. The lowest BCUT2D eigenvalue weighted by molar-refractivity contribution is 0.0204. The largest absolute Gasteiger partial charge is 0.504 e. The average Bonchev–Trinajstić information content (AvgIpc) is 2.97. The molecule has 3 aromatic rings. The fourth-order valence-electron chi connectivity index (χ4n) is 5.75. The Labute approximate surface area is 238 Å². The first-order valence-electron chi connectivity index (χ1n) is 14.1. The SMILES string of the molecule is CC(C)(C)OC(=O)N1CCC(c2cnc(N3CCN4c5cc(-c6cccc(F)c6O)nnc5NCC4C3)nc2)CC1. The van der Waals surface area contributed by atoms with Crippen molar-refractivity contribution < 1.29 is 19.0 Å². The highest BCUT2D eigenvalue weighted by Gasteiger charge is 2.34. The predicted molar refractivity (Wildman–Crippen MR) is 153 cm³/mol. The molecule has 0 spiro atoms. The van der Waals surface area contributed by atoms with Crippen molar-refractivity contribution in [2.24, 2.45) is 0 Å². The molecule has 3 aliphatic rings. The number of nitrogens with one attached hydrogen (secondary N) is 1. The van der Waals surface area contributed by atoms with Crippen LogP contribution in [0.5, 0.6) is 5.75 Å². The summed E-state index contributed by atoms with van der Waals surface area (Å²) in [4.78, 5) is 28.1. The quantitative estimate of drug-likeness (QED) is 0.484. The number of nitrogens with zero attached hydrogens (tertiary/aromatic N) is 7. The highest BCUT2D eigenvalue weighted by molar-refractivity contribution is 5.77. The number of rotatable bonds is 3. The molecular formula is C29H35FN8O3. The number of likely N-dealkylation sites (tertiary alicyclic amines) is 1. The molecule has 0 saturated carbocycles. The number of ether oxygens (including phenoxy) is 1. The predicted octanol–water partition coefficient (Wildman–Crippen LogP) is 4.01. The van der Waals surface area contributed by atoms with Crippen LogP contribution in [0.25, 0.3) is 11.3 Å². The van der Waals surface area contributed by atoms with E-state index in [2.05, 4.69) is 25.3 Å². The van der Waals surface area contributed by atoms with Gasteiger partial charge in [-0.05, 0) is 63.3 Å².